The van der Waals surface area contributed by atoms with E-state index in [9.17, 15) is 14.7 Å². The largest absolute Gasteiger partial charge is 0.503 e. The first-order valence-electron chi connectivity index (χ1n) is 14.9. The molecule has 1 aliphatic heterocycles. The Morgan fingerprint density at radius 1 is 1.07 bits per heavy atom. The highest BCUT2D eigenvalue weighted by Gasteiger charge is 2.45. The number of benzene rings is 3. The molecule has 11 heteroatoms. The maximum atomic E-state index is 13.7. The van der Waals surface area contributed by atoms with E-state index >= 15 is 0 Å². The number of hydrogen-bond acceptors (Lipinski definition) is 9. The normalized spacial score (nSPS) is 14.9. The van der Waals surface area contributed by atoms with E-state index in [4.69, 9.17) is 21.1 Å². The van der Waals surface area contributed by atoms with Gasteiger partial charge in [0, 0.05) is 10.8 Å². The van der Waals surface area contributed by atoms with E-state index in [1.807, 2.05) is 61.5 Å². The second-order valence-corrected chi connectivity index (χ2v) is 13.5. The lowest BCUT2D eigenvalue weighted by Crippen LogP contribution is -2.31. The minimum absolute atomic E-state index is 0.0568. The van der Waals surface area contributed by atoms with Crippen molar-refractivity contribution >= 4 is 57.6 Å². The second-order valence-electron chi connectivity index (χ2n) is 10.9. The van der Waals surface area contributed by atoms with E-state index in [0.29, 0.717) is 51.3 Å². The van der Waals surface area contributed by atoms with Crippen molar-refractivity contribution in [2.75, 3.05) is 18.1 Å². The van der Waals surface area contributed by atoms with Crippen LogP contribution in [-0.4, -0.2) is 40.2 Å². The van der Waals surface area contributed by atoms with Crippen LogP contribution < -0.4 is 14.4 Å². The molecule has 3 aromatic carbocycles. The van der Waals surface area contributed by atoms with Crippen LogP contribution in [0.1, 0.15) is 49.9 Å². The summed E-state index contributed by atoms with van der Waals surface area (Å²) in [7, 11) is 0. The number of carbonyl (C=O) groups is 2. The van der Waals surface area contributed by atoms with Gasteiger partial charge in [-0.2, -0.15) is 0 Å². The van der Waals surface area contributed by atoms with Crippen LogP contribution in [0.4, 0.5) is 5.13 Å². The summed E-state index contributed by atoms with van der Waals surface area (Å²) in [5, 5.41) is 20.7. The van der Waals surface area contributed by atoms with Crippen molar-refractivity contribution in [3.05, 3.63) is 112 Å². The molecule has 8 nitrogen and oxygen atoms in total. The van der Waals surface area contributed by atoms with Crippen molar-refractivity contribution in [1.82, 2.24) is 10.2 Å². The van der Waals surface area contributed by atoms with Gasteiger partial charge in [-0.3, -0.25) is 14.5 Å². The Balaban J connectivity index is 1.49. The number of carbonyl (C=O) groups excluding carboxylic acids is 2. The third kappa shape index (κ3) is 7.99. The number of aliphatic hydroxyl groups excluding tert-OH is 1. The van der Waals surface area contributed by atoms with E-state index in [1.54, 1.807) is 24.3 Å². The summed E-state index contributed by atoms with van der Waals surface area (Å²) in [4.78, 5) is 28.7. The lowest BCUT2D eigenvalue weighted by Gasteiger charge is -2.24. The van der Waals surface area contributed by atoms with Crippen LogP contribution in [0.3, 0.4) is 0 Å². The summed E-state index contributed by atoms with van der Waals surface area (Å²) in [5.74, 6) is 0.264. The number of ether oxygens (including phenoxy) is 2. The van der Waals surface area contributed by atoms with Gasteiger partial charge in [0.15, 0.2) is 27.4 Å². The molecule has 5 rings (SSSR count). The van der Waals surface area contributed by atoms with E-state index in [1.165, 1.54) is 34.1 Å². The average molecular weight is 676 g/mol. The van der Waals surface area contributed by atoms with Crippen molar-refractivity contribution in [3.63, 3.8) is 0 Å². The Kier molecular flexibility index (Phi) is 11.2. The Morgan fingerprint density at radius 2 is 1.83 bits per heavy atom. The Bertz CT molecular complexity index is 1740. The molecule has 1 aromatic heterocycles. The van der Waals surface area contributed by atoms with Gasteiger partial charge in [0.25, 0.3) is 5.91 Å². The number of rotatable bonds is 14. The highest BCUT2D eigenvalue weighted by Crippen LogP contribution is 2.45. The standard InChI is InChI=1S/C35H34ClN3O5S2/c1-4-43-29-20-25(13-17-28(29)44-19-18-22(2)3)31-30(27(40)16-12-23-8-6-5-7-9-23)32(41)33(42)39(31)34-37-38-35(46-34)45-21-24-10-14-26(36)15-11-24/h5-17,20,22,31,41H,4,18-19,21H2,1-3H3/b16-12+. The van der Waals surface area contributed by atoms with Crippen LogP contribution in [0.25, 0.3) is 6.08 Å². The number of halogens is 1. The first-order chi connectivity index (χ1) is 22.2. The first-order valence-corrected chi connectivity index (χ1v) is 17.1. The lowest BCUT2D eigenvalue weighted by atomic mass is 9.95. The molecule has 0 spiro atoms. The van der Waals surface area contributed by atoms with Crippen LogP contribution in [0.2, 0.25) is 5.02 Å². The van der Waals surface area contributed by atoms with E-state index in [2.05, 4.69) is 24.0 Å². The SMILES string of the molecule is CCOc1cc(C2C(C(=O)/C=C/c3ccccc3)=C(O)C(=O)N2c2nnc(SCc3ccc(Cl)cc3)s2)ccc1OCCC(C)C. The summed E-state index contributed by atoms with van der Waals surface area (Å²) in [5.41, 5.74) is 2.36. The average Bonchev–Trinajstić information content (AvgIpc) is 3.62. The molecule has 0 radical (unpaired) electrons. The van der Waals surface area contributed by atoms with Gasteiger partial charge in [-0.05, 0) is 66.3 Å². The monoisotopic (exact) mass is 675 g/mol. The van der Waals surface area contributed by atoms with Gasteiger partial charge >= 0.3 is 0 Å². The fraction of sp³-hybridized carbons (Fsp3) is 0.257. The van der Waals surface area contributed by atoms with Crippen LogP contribution in [-0.2, 0) is 15.3 Å². The number of anilines is 1. The fourth-order valence-electron chi connectivity index (χ4n) is 4.77. The first kappa shape index (κ1) is 33.2. The molecule has 2 heterocycles. The maximum Gasteiger partial charge on any atom is 0.296 e. The smallest absolute Gasteiger partial charge is 0.296 e. The molecule has 1 atom stereocenters. The number of hydrogen-bond donors (Lipinski definition) is 1. The minimum atomic E-state index is -0.980. The third-order valence-electron chi connectivity index (χ3n) is 7.11. The molecular formula is C35H34ClN3O5S2. The van der Waals surface area contributed by atoms with Crippen LogP contribution >= 0.6 is 34.7 Å². The summed E-state index contributed by atoms with van der Waals surface area (Å²) in [6.45, 7) is 7.02. The van der Waals surface area contributed by atoms with Gasteiger partial charge in [0.05, 0.1) is 24.8 Å². The highest BCUT2D eigenvalue weighted by atomic mass is 35.5. The lowest BCUT2D eigenvalue weighted by molar-refractivity contribution is -0.117. The zero-order chi connectivity index (χ0) is 32.6. The third-order valence-corrected chi connectivity index (χ3v) is 9.49. The van der Waals surface area contributed by atoms with Crippen molar-refractivity contribution in [2.45, 2.75) is 43.3 Å². The number of allylic oxidation sites excluding steroid dienone is 1. The Labute approximate surface area is 281 Å². The van der Waals surface area contributed by atoms with Crippen LogP contribution in [0.5, 0.6) is 11.5 Å². The maximum absolute atomic E-state index is 13.7. The molecule has 1 N–H and O–H groups in total. The molecule has 1 amide bonds. The highest BCUT2D eigenvalue weighted by molar-refractivity contribution is 8.00. The number of ketones is 1. The minimum Gasteiger partial charge on any atom is -0.503 e. The predicted molar refractivity (Wildman–Crippen MR) is 184 cm³/mol. The number of aliphatic hydroxyl groups is 1. The van der Waals surface area contributed by atoms with Crippen molar-refractivity contribution < 1.29 is 24.2 Å². The fourth-order valence-corrected chi connectivity index (χ4v) is 6.72. The number of nitrogens with zero attached hydrogens (tertiary/aromatic N) is 3. The summed E-state index contributed by atoms with van der Waals surface area (Å²) >= 11 is 8.69. The van der Waals surface area contributed by atoms with Gasteiger partial charge in [-0.1, -0.05) is 103 Å². The van der Waals surface area contributed by atoms with Gasteiger partial charge in [-0.25, -0.2) is 0 Å². The molecule has 1 unspecified atom stereocenters. The zero-order valence-electron chi connectivity index (χ0n) is 25.7. The van der Waals surface area contributed by atoms with Crippen molar-refractivity contribution in [3.8, 4) is 11.5 Å². The molecule has 0 bridgehead atoms. The topological polar surface area (TPSA) is 102 Å². The molecule has 0 saturated heterocycles. The molecule has 46 heavy (non-hydrogen) atoms. The quantitative estimate of drug-likeness (QED) is 0.0807. The predicted octanol–water partition coefficient (Wildman–Crippen LogP) is 8.49. The number of aromatic nitrogens is 2. The Morgan fingerprint density at radius 3 is 2.54 bits per heavy atom. The molecule has 0 saturated carbocycles. The molecular weight excluding hydrogens is 642 g/mol. The van der Waals surface area contributed by atoms with Gasteiger partial charge < -0.3 is 14.6 Å². The summed E-state index contributed by atoms with van der Waals surface area (Å²) in [6.07, 6.45) is 3.89. The van der Waals surface area contributed by atoms with E-state index in [0.717, 1.165) is 17.5 Å². The Hall–Kier alpha value is -4.12. The second kappa shape index (κ2) is 15.4. The van der Waals surface area contributed by atoms with E-state index < -0.39 is 23.5 Å². The molecule has 0 aliphatic carbocycles. The summed E-state index contributed by atoms with van der Waals surface area (Å²) < 4.78 is 12.6. The van der Waals surface area contributed by atoms with Gasteiger partial charge in [0.2, 0.25) is 5.13 Å². The van der Waals surface area contributed by atoms with E-state index in [-0.39, 0.29) is 10.7 Å². The molecule has 0 fully saturated rings. The number of thioether (sulfide) groups is 1. The molecule has 1 aliphatic rings. The van der Waals surface area contributed by atoms with Crippen molar-refractivity contribution in [2.24, 2.45) is 5.92 Å². The van der Waals surface area contributed by atoms with Crippen molar-refractivity contribution in [1.29, 1.82) is 0 Å². The van der Waals surface area contributed by atoms with Gasteiger partial charge in [-0.15, -0.1) is 10.2 Å². The van der Waals surface area contributed by atoms with Crippen LogP contribution in [0.15, 0.2) is 94.5 Å². The zero-order valence-corrected chi connectivity index (χ0v) is 28.1. The summed E-state index contributed by atoms with van der Waals surface area (Å²) in [6, 6.07) is 21.2. The number of amides is 1. The molecule has 4 aromatic rings. The van der Waals surface area contributed by atoms with Gasteiger partial charge in [0.1, 0.15) is 0 Å². The molecule has 238 valence electrons. The van der Waals surface area contributed by atoms with Crippen LogP contribution in [0, 0.1) is 5.92 Å².